The van der Waals surface area contributed by atoms with Crippen LogP contribution in [0.1, 0.15) is 30.1 Å². The Balaban J connectivity index is 0.00000264. The van der Waals surface area contributed by atoms with Gasteiger partial charge in [0.1, 0.15) is 0 Å². The van der Waals surface area contributed by atoms with Crippen molar-refractivity contribution in [1.82, 2.24) is 10.2 Å². The van der Waals surface area contributed by atoms with Crippen molar-refractivity contribution in [2.75, 3.05) is 32.0 Å². The van der Waals surface area contributed by atoms with Gasteiger partial charge in [0, 0.05) is 30.6 Å². The van der Waals surface area contributed by atoms with Gasteiger partial charge in [-0.15, -0.1) is 12.4 Å². The van der Waals surface area contributed by atoms with Crippen molar-refractivity contribution in [3.05, 3.63) is 28.8 Å². The summed E-state index contributed by atoms with van der Waals surface area (Å²) >= 11 is 6.02. The van der Waals surface area contributed by atoms with Crippen LogP contribution in [0.5, 0.6) is 0 Å². The van der Waals surface area contributed by atoms with Gasteiger partial charge in [0.25, 0.3) is 5.91 Å². The molecule has 1 heterocycles. The lowest BCUT2D eigenvalue weighted by Gasteiger charge is -2.19. The van der Waals surface area contributed by atoms with Crippen molar-refractivity contribution in [1.29, 1.82) is 0 Å². The highest BCUT2D eigenvalue weighted by atomic mass is 35.5. The summed E-state index contributed by atoms with van der Waals surface area (Å²) in [7, 11) is 1.80. The molecule has 1 aromatic carbocycles. The molecule has 0 spiro atoms. The van der Waals surface area contributed by atoms with Crippen LogP contribution in [0.15, 0.2) is 18.2 Å². The highest BCUT2D eigenvalue weighted by Gasteiger charge is 2.23. The maximum atomic E-state index is 12.6. The minimum Gasteiger partial charge on any atom is -0.339 e. The number of hydrogen-bond acceptors (Lipinski definition) is 3. The van der Waals surface area contributed by atoms with Crippen molar-refractivity contribution in [3.8, 4) is 0 Å². The minimum absolute atomic E-state index is 0. The molecule has 1 aliphatic rings. The quantitative estimate of drug-likeness (QED) is 0.849. The van der Waals surface area contributed by atoms with E-state index >= 15 is 0 Å². The molecule has 7 heteroatoms. The number of halogens is 2. The topological polar surface area (TPSA) is 61.4 Å². The maximum absolute atomic E-state index is 12.6. The first-order chi connectivity index (χ1) is 10.5. The summed E-state index contributed by atoms with van der Waals surface area (Å²) in [6, 6.07) is 5.00. The van der Waals surface area contributed by atoms with E-state index in [-0.39, 0.29) is 30.1 Å². The van der Waals surface area contributed by atoms with E-state index in [0.29, 0.717) is 22.8 Å². The Kier molecular flexibility index (Phi) is 7.82. The lowest BCUT2D eigenvalue weighted by Crippen LogP contribution is -2.31. The van der Waals surface area contributed by atoms with E-state index in [9.17, 15) is 9.59 Å². The highest BCUT2D eigenvalue weighted by Crippen LogP contribution is 2.24. The largest absolute Gasteiger partial charge is 0.339 e. The molecular formula is C16H23Cl2N3O2. The second kappa shape index (κ2) is 9.11. The van der Waals surface area contributed by atoms with Crippen molar-refractivity contribution in [3.63, 3.8) is 0 Å². The molecule has 1 fully saturated rings. The number of likely N-dealkylation sites (tertiary alicyclic amines) is 1. The van der Waals surface area contributed by atoms with E-state index in [1.165, 1.54) is 0 Å². The highest BCUT2D eigenvalue weighted by molar-refractivity contribution is 6.31. The minimum atomic E-state index is -0.185. The van der Waals surface area contributed by atoms with Crippen LogP contribution in [0.2, 0.25) is 5.02 Å². The fourth-order valence-corrected chi connectivity index (χ4v) is 2.72. The van der Waals surface area contributed by atoms with E-state index in [0.717, 1.165) is 25.9 Å². The summed E-state index contributed by atoms with van der Waals surface area (Å²) in [5.41, 5.74) is 0.980. The fourth-order valence-electron chi connectivity index (χ4n) is 2.55. The van der Waals surface area contributed by atoms with Gasteiger partial charge in [-0.3, -0.25) is 9.59 Å². The van der Waals surface area contributed by atoms with Gasteiger partial charge in [0.15, 0.2) is 0 Å². The first kappa shape index (κ1) is 19.7. The number of benzene rings is 1. The van der Waals surface area contributed by atoms with Gasteiger partial charge in [-0.1, -0.05) is 18.5 Å². The Morgan fingerprint density at radius 1 is 1.30 bits per heavy atom. The second-order valence-electron chi connectivity index (χ2n) is 5.64. The smallest absolute Gasteiger partial charge is 0.256 e. The van der Waals surface area contributed by atoms with Gasteiger partial charge >= 0.3 is 0 Å². The molecule has 2 N–H and O–H groups in total. The molecule has 0 radical (unpaired) electrons. The van der Waals surface area contributed by atoms with Crippen LogP contribution in [0.3, 0.4) is 0 Å². The molecule has 0 saturated carbocycles. The number of rotatable bonds is 5. The SMILES string of the molecule is CNCC(C)C(=O)Nc1ccc(Cl)cc1C(=O)N1CCCC1.Cl. The van der Waals surface area contributed by atoms with Crippen molar-refractivity contribution < 1.29 is 9.59 Å². The first-order valence-electron chi connectivity index (χ1n) is 7.57. The zero-order valence-corrected chi connectivity index (χ0v) is 15.0. The maximum Gasteiger partial charge on any atom is 0.256 e. The van der Waals surface area contributed by atoms with Crippen LogP contribution < -0.4 is 10.6 Å². The second-order valence-corrected chi connectivity index (χ2v) is 6.07. The number of nitrogens with one attached hydrogen (secondary N) is 2. The van der Waals surface area contributed by atoms with E-state index in [1.807, 2.05) is 6.92 Å². The van der Waals surface area contributed by atoms with E-state index in [1.54, 1.807) is 30.1 Å². The Hall–Kier alpha value is -1.30. The molecule has 2 rings (SSSR count). The Morgan fingerprint density at radius 2 is 1.96 bits per heavy atom. The van der Waals surface area contributed by atoms with Gasteiger partial charge < -0.3 is 15.5 Å². The number of nitrogens with zero attached hydrogens (tertiary/aromatic N) is 1. The molecular weight excluding hydrogens is 337 g/mol. The van der Waals surface area contributed by atoms with Crippen LogP contribution in [0, 0.1) is 5.92 Å². The number of carbonyl (C=O) groups is 2. The number of hydrogen-bond donors (Lipinski definition) is 2. The van der Waals surface area contributed by atoms with Crippen molar-refractivity contribution in [2.45, 2.75) is 19.8 Å². The summed E-state index contributed by atoms with van der Waals surface area (Å²) < 4.78 is 0. The van der Waals surface area contributed by atoms with Crippen LogP contribution in [-0.4, -0.2) is 43.4 Å². The molecule has 0 aliphatic carbocycles. The third-order valence-corrected chi connectivity index (χ3v) is 4.06. The molecule has 0 bridgehead atoms. The van der Waals surface area contributed by atoms with Crippen LogP contribution in [0.25, 0.3) is 0 Å². The molecule has 1 saturated heterocycles. The van der Waals surface area contributed by atoms with Gasteiger partial charge in [0.2, 0.25) is 5.91 Å². The standard InChI is InChI=1S/C16H22ClN3O2.ClH/c1-11(10-18-2)15(21)19-14-6-5-12(17)9-13(14)16(22)20-7-3-4-8-20;/h5-6,9,11,18H,3-4,7-8,10H2,1-2H3,(H,19,21);1H. The van der Waals surface area contributed by atoms with Crippen LogP contribution >= 0.6 is 24.0 Å². The zero-order chi connectivity index (χ0) is 16.1. The number of anilines is 1. The average molecular weight is 360 g/mol. The Labute approximate surface area is 148 Å². The molecule has 0 aromatic heterocycles. The van der Waals surface area contributed by atoms with Gasteiger partial charge in [-0.25, -0.2) is 0 Å². The average Bonchev–Trinajstić information content (AvgIpc) is 3.02. The van der Waals surface area contributed by atoms with Crippen molar-refractivity contribution >= 4 is 41.5 Å². The van der Waals surface area contributed by atoms with Gasteiger partial charge in [0.05, 0.1) is 11.3 Å². The van der Waals surface area contributed by atoms with E-state index < -0.39 is 0 Å². The lowest BCUT2D eigenvalue weighted by molar-refractivity contribution is -0.119. The molecule has 5 nitrogen and oxygen atoms in total. The summed E-state index contributed by atoms with van der Waals surface area (Å²) in [4.78, 5) is 26.6. The van der Waals surface area contributed by atoms with Crippen molar-refractivity contribution in [2.24, 2.45) is 5.92 Å². The molecule has 1 unspecified atom stereocenters. The summed E-state index contributed by atoms with van der Waals surface area (Å²) in [6.07, 6.45) is 2.04. The summed E-state index contributed by atoms with van der Waals surface area (Å²) in [5, 5.41) is 6.30. The molecule has 23 heavy (non-hydrogen) atoms. The molecule has 1 aromatic rings. The lowest BCUT2D eigenvalue weighted by atomic mass is 10.1. The third-order valence-electron chi connectivity index (χ3n) is 3.82. The predicted octanol–water partition coefficient (Wildman–Crippen LogP) is 2.79. The van der Waals surface area contributed by atoms with Crippen LogP contribution in [-0.2, 0) is 4.79 Å². The monoisotopic (exact) mass is 359 g/mol. The summed E-state index contributed by atoms with van der Waals surface area (Å²) in [6.45, 7) is 3.93. The van der Waals surface area contributed by atoms with E-state index in [4.69, 9.17) is 11.6 Å². The summed E-state index contributed by atoms with van der Waals surface area (Å²) in [5.74, 6) is -0.376. The third kappa shape index (κ3) is 5.09. The molecule has 1 aliphatic heterocycles. The van der Waals surface area contributed by atoms with Gasteiger partial charge in [-0.05, 0) is 38.1 Å². The number of amides is 2. The fraction of sp³-hybridized carbons (Fsp3) is 0.500. The predicted molar refractivity (Wildman–Crippen MR) is 95.6 cm³/mol. The molecule has 2 amide bonds. The van der Waals surface area contributed by atoms with E-state index in [2.05, 4.69) is 10.6 Å². The van der Waals surface area contributed by atoms with Gasteiger partial charge in [-0.2, -0.15) is 0 Å². The number of carbonyl (C=O) groups excluding carboxylic acids is 2. The normalized spacial score (nSPS) is 15.0. The Morgan fingerprint density at radius 3 is 2.57 bits per heavy atom. The zero-order valence-electron chi connectivity index (χ0n) is 13.4. The first-order valence-corrected chi connectivity index (χ1v) is 7.95. The Bertz CT molecular complexity index is 560. The van der Waals surface area contributed by atoms with Crippen LogP contribution in [0.4, 0.5) is 5.69 Å². The molecule has 128 valence electrons. The molecule has 1 atom stereocenters.